The third-order valence-electron chi connectivity index (χ3n) is 2.93. The van der Waals surface area contributed by atoms with E-state index < -0.39 is 0 Å². The maximum atomic E-state index is 4.37. The van der Waals surface area contributed by atoms with Crippen molar-refractivity contribution in [2.45, 2.75) is 12.3 Å². The molecule has 2 aromatic heterocycles. The number of hydrogen-bond donors (Lipinski definition) is 1. The van der Waals surface area contributed by atoms with E-state index in [4.69, 9.17) is 0 Å². The van der Waals surface area contributed by atoms with Crippen LogP contribution in [-0.2, 0) is 0 Å². The Labute approximate surface area is 82.7 Å². The van der Waals surface area contributed by atoms with Gasteiger partial charge in [-0.2, -0.15) is 5.10 Å². The van der Waals surface area contributed by atoms with Gasteiger partial charge >= 0.3 is 0 Å². The highest BCUT2D eigenvalue weighted by Crippen LogP contribution is 2.23. The number of hydrogen-bond acceptors (Lipinski definition) is 2. The molecule has 72 valence electrons. The fourth-order valence-electron chi connectivity index (χ4n) is 2.18. The molecule has 1 aliphatic heterocycles. The average molecular weight is 187 g/mol. The molecule has 0 bridgehead atoms. The van der Waals surface area contributed by atoms with E-state index in [1.807, 2.05) is 12.3 Å². The Morgan fingerprint density at radius 1 is 1.36 bits per heavy atom. The first-order chi connectivity index (χ1) is 6.95. The van der Waals surface area contributed by atoms with Gasteiger partial charge in [-0.1, -0.05) is 0 Å². The minimum absolute atomic E-state index is 0.632. The lowest BCUT2D eigenvalue weighted by atomic mass is 10.1. The van der Waals surface area contributed by atoms with Gasteiger partial charge in [0.1, 0.15) is 0 Å². The van der Waals surface area contributed by atoms with Crippen LogP contribution < -0.4 is 5.32 Å². The average Bonchev–Trinajstić information content (AvgIpc) is 2.85. The van der Waals surface area contributed by atoms with E-state index in [1.54, 1.807) is 0 Å². The Kier molecular flexibility index (Phi) is 1.77. The lowest BCUT2D eigenvalue weighted by Crippen LogP contribution is -2.09. The van der Waals surface area contributed by atoms with Gasteiger partial charge in [-0.3, -0.25) is 0 Å². The second-order valence-electron chi connectivity index (χ2n) is 3.81. The summed E-state index contributed by atoms with van der Waals surface area (Å²) >= 11 is 0. The Balaban J connectivity index is 2.11. The van der Waals surface area contributed by atoms with Crippen LogP contribution in [0.25, 0.3) is 5.52 Å². The second-order valence-corrected chi connectivity index (χ2v) is 3.81. The maximum Gasteiger partial charge on any atom is 0.0650 e. The molecule has 0 spiro atoms. The molecule has 0 saturated carbocycles. The van der Waals surface area contributed by atoms with Crippen molar-refractivity contribution in [2.24, 2.45) is 0 Å². The van der Waals surface area contributed by atoms with Crippen LogP contribution in [0.2, 0.25) is 0 Å². The van der Waals surface area contributed by atoms with Crippen LogP contribution in [0.15, 0.2) is 30.5 Å². The Morgan fingerprint density at radius 3 is 3.21 bits per heavy atom. The lowest BCUT2D eigenvalue weighted by Gasteiger charge is -2.07. The number of fused-ring (bicyclic) bond motifs is 1. The summed E-state index contributed by atoms with van der Waals surface area (Å²) in [5.41, 5.74) is 2.53. The third kappa shape index (κ3) is 1.13. The molecule has 1 fully saturated rings. The summed E-state index contributed by atoms with van der Waals surface area (Å²) in [6.07, 6.45) is 3.07. The molecular weight excluding hydrogens is 174 g/mol. The summed E-state index contributed by atoms with van der Waals surface area (Å²) in [5, 5.41) is 7.76. The SMILES string of the molecule is c1cnn2c(C3CCNC3)ccc2c1. The predicted octanol–water partition coefficient (Wildman–Crippen LogP) is 1.41. The second kappa shape index (κ2) is 3.10. The van der Waals surface area contributed by atoms with Crippen molar-refractivity contribution in [2.75, 3.05) is 13.1 Å². The van der Waals surface area contributed by atoms with Crippen LogP contribution in [0, 0.1) is 0 Å². The van der Waals surface area contributed by atoms with Gasteiger partial charge < -0.3 is 5.32 Å². The van der Waals surface area contributed by atoms with E-state index in [1.165, 1.54) is 17.6 Å². The van der Waals surface area contributed by atoms with Crippen molar-refractivity contribution in [3.8, 4) is 0 Å². The van der Waals surface area contributed by atoms with Crippen molar-refractivity contribution in [3.05, 3.63) is 36.2 Å². The molecule has 0 amide bonds. The van der Waals surface area contributed by atoms with Crippen molar-refractivity contribution >= 4 is 5.52 Å². The van der Waals surface area contributed by atoms with Crippen molar-refractivity contribution in [3.63, 3.8) is 0 Å². The van der Waals surface area contributed by atoms with E-state index in [2.05, 4.69) is 33.1 Å². The number of rotatable bonds is 1. The van der Waals surface area contributed by atoms with Crippen LogP contribution in [0.5, 0.6) is 0 Å². The van der Waals surface area contributed by atoms with Gasteiger partial charge in [-0.05, 0) is 37.2 Å². The first kappa shape index (κ1) is 8.00. The smallest absolute Gasteiger partial charge is 0.0650 e. The zero-order chi connectivity index (χ0) is 9.38. The van der Waals surface area contributed by atoms with Gasteiger partial charge in [-0.15, -0.1) is 0 Å². The molecule has 14 heavy (non-hydrogen) atoms. The molecule has 3 nitrogen and oxygen atoms in total. The topological polar surface area (TPSA) is 29.3 Å². The molecule has 1 saturated heterocycles. The highest BCUT2D eigenvalue weighted by molar-refractivity contribution is 5.48. The molecule has 1 atom stereocenters. The van der Waals surface area contributed by atoms with E-state index in [9.17, 15) is 0 Å². The summed E-state index contributed by atoms with van der Waals surface area (Å²) in [4.78, 5) is 0. The first-order valence-corrected chi connectivity index (χ1v) is 5.08. The summed E-state index contributed by atoms with van der Waals surface area (Å²) in [6, 6.07) is 8.41. The summed E-state index contributed by atoms with van der Waals surface area (Å²) < 4.78 is 2.05. The fraction of sp³-hybridized carbons (Fsp3) is 0.364. The quantitative estimate of drug-likeness (QED) is 0.731. The van der Waals surface area contributed by atoms with Gasteiger partial charge in [0.25, 0.3) is 0 Å². The van der Waals surface area contributed by atoms with Crippen molar-refractivity contribution in [1.29, 1.82) is 0 Å². The van der Waals surface area contributed by atoms with Gasteiger partial charge in [0, 0.05) is 24.4 Å². The summed E-state index contributed by atoms with van der Waals surface area (Å²) in [6.45, 7) is 2.22. The van der Waals surface area contributed by atoms with Crippen molar-refractivity contribution in [1.82, 2.24) is 14.9 Å². The largest absolute Gasteiger partial charge is 0.316 e. The number of nitrogens with zero attached hydrogens (tertiary/aromatic N) is 2. The molecule has 3 heterocycles. The molecule has 3 rings (SSSR count). The molecule has 1 aliphatic rings. The van der Waals surface area contributed by atoms with E-state index in [0.29, 0.717) is 5.92 Å². The van der Waals surface area contributed by atoms with Crippen molar-refractivity contribution < 1.29 is 0 Å². The maximum absolute atomic E-state index is 4.37. The van der Waals surface area contributed by atoms with Crippen LogP contribution >= 0.6 is 0 Å². The number of nitrogens with one attached hydrogen (secondary N) is 1. The zero-order valence-electron chi connectivity index (χ0n) is 7.98. The Bertz CT molecular complexity index is 440. The number of aromatic nitrogens is 2. The van der Waals surface area contributed by atoms with Crippen LogP contribution in [-0.4, -0.2) is 22.7 Å². The molecule has 0 radical (unpaired) electrons. The van der Waals surface area contributed by atoms with Crippen LogP contribution in [0.1, 0.15) is 18.0 Å². The molecule has 3 heteroatoms. The normalized spacial score (nSPS) is 21.9. The molecular formula is C11H13N3. The standard InChI is InChI=1S/C11H13N3/c1-2-10-3-4-11(14(10)13-6-1)9-5-7-12-8-9/h1-4,6,9,12H,5,7-8H2. The van der Waals surface area contributed by atoms with Gasteiger partial charge in [0.15, 0.2) is 0 Å². The Morgan fingerprint density at radius 2 is 2.36 bits per heavy atom. The minimum Gasteiger partial charge on any atom is -0.316 e. The zero-order valence-corrected chi connectivity index (χ0v) is 7.98. The Hall–Kier alpha value is -1.35. The lowest BCUT2D eigenvalue weighted by molar-refractivity contribution is 0.698. The highest BCUT2D eigenvalue weighted by atomic mass is 15.2. The molecule has 0 aliphatic carbocycles. The first-order valence-electron chi connectivity index (χ1n) is 5.08. The fourth-order valence-corrected chi connectivity index (χ4v) is 2.18. The van der Waals surface area contributed by atoms with Crippen LogP contribution in [0.3, 0.4) is 0 Å². The van der Waals surface area contributed by atoms with E-state index >= 15 is 0 Å². The molecule has 0 aromatic carbocycles. The predicted molar refractivity (Wildman–Crippen MR) is 55.4 cm³/mol. The molecule has 1 unspecified atom stereocenters. The van der Waals surface area contributed by atoms with Gasteiger partial charge in [0.05, 0.1) is 5.52 Å². The van der Waals surface area contributed by atoms with E-state index in [-0.39, 0.29) is 0 Å². The monoisotopic (exact) mass is 187 g/mol. The van der Waals surface area contributed by atoms with E-state index in [0.717, 1.165) is 13.1 Å². The molecule has 2 aromatic rings. The van der Waals surface area contributed by atoms with Gasteiger partial charge in [-0.25, -0.2) is 4.52 Å². The summed E-state index contributed by atoms with van der Waals surface area (Å²) in [7, 11) is 0. The molecule has 1 N–H and O–H groups in total. The van der Waals surface area contributed by atoms with Crippen LogP contribution in [0.4, 0.5) is 0 Å². The highest BCUT2D eigenvalue weighted by Gasteiger charge is 2.19. The third-order valence-corrected chi connectivity index (χ3v) is 2.93. The minimum atomic E-state index is 0.632. The summed E-state index contributed by atoms with van der Waals surface area (Å²) in [5.74, 6) is 0.632. The van der Waals surface area contributed by atoms with Gasteiger partial charge in [0.2, 0.25) is 0 Å².